The van der Waals surface area contributed by atoms with Crippen molar-refractivity contribution in [3.05, 3.63) is 12.2 Å². The zero-order valence-electron chi connectivity index (χ0n) is 42.3. The summed E-state index contributed by atoms with van der Waals surface area (Å²) in [6.45, 7) is 3.43. The fourth-order valence-corrected chi connectivity index (χ4v) is 9.55. The zero-order valence-corrected chi connectivity index (χ0v) is 43.1. The van der Waals surface area contributed by atoms with Crippen LogP contribution in [0.25, 0.3) is 0 Å². The van der Waals surface area contributed by atoms with Gasteiger partial charge in [0.25, 0.3) is 0 Å². The highest BCUT2D eigenvalue weighted by molar-refractivity contribution is 7.80. The number of aliphatic hydroxyl groups excluding tert-OH is 4. The van der Waals surface area contributed by atoms with Gasteiger partial charge in [-0.2, -0.15) is 8.42 Å². The Balaban J connectivity index is 2.40. The first-order chi connectivity index (χ1) is 32.0. The molecule has 6 N–H and O–H groups in total. The van der Waals surface area contributed by atoms with Crippen LogP contribution in [0.1, 0.15) is 264 Å². The molecule has 1 rings (SSSR count). The van der Waals surface area contributed by atoms with Crippen LogP contribution in [0.3, 0.4) is 0 Å². The van der Waals surface area contributed by atoms with Crippen LogP contribution in [-0.4, -0.2) is 95.4 Å². The highest BCUT2D eigenvalue weighted by Crippen LogP contribution is 2.26. The smallest absolute Gasteiger partial charge is 0.394 e. The molecule has 0 aliphatic carbocycles. The van der Waals surface area contributed by atoms with Gasteiger partial charge in [-0.15, -0.1) is 0 Å². The maximum absolute atomic E-state index is 13.1. The third-order valence-electron chi connectivity index (χ3n) is 13.3. The molecule has 0 aromatic rings. The molecule has 12 nitrogen and oxygen atoms in total. The number of carbonyl (C=O) groups is 1. The molecule has 7 atom stereocenters. The van der Waals surface area contributed by atoms with Gasteiger partial charge in [-0.3, -0.25) is 9.35 Å². The van der Waals surface area contributed by atoms with Crippen molar-refractivity contribution < 1.29 is 51.8 Å². The van der Waals surface area contributed by atoms with Crippen molar-refractivity contribution in [2.24, 2.45) is 0 Å². The molecule has 66 heavy (non-hydrogen) atoms. The molecule has 1 aliphatic heterocycles. The predicted octanol–water partition coefficient (Wildman–Crippen LogP) is 12.3. The van der Waals surface area contributed by atoms with Crippen molar-refractivity contribution in [3.8, 4) is 0 Å². The van der Waals surface area contributed by atoms with E-state index in [1.807, 2.05) is 6.08 Å². The Kier molecular flexibility index (Phi) is 41.7. The normalized spacial score (nSPS) is 20.0. The van der Waals surface area contributed by atoms with Crippen molar-refractivity contribution in [1.29, 1.82) is 0 Å². The SMILES string of the molecule is CCCCCCCCCCCCCCCCCC/C=C/C(O)C(COC1OC(CO)C(O)C(OS(=O)(=O)O)C1O)NC(=O)CCCCCCCCCCCCCCCCCCCCCCC. The summed E-state index contributed by atoms with van der Waals surface area (Å²) in [5.74, 6) is -0.256. The van der Waals surface area contributed by atoms with Crippen molar-refractivity contribution in [3.63, 3.8) is 0 Å². The van der Waals surface area contributed by atoms with Crippen LogP contribution in [0.4, 0.5) is 0 Å². The minimum atomic E-state index is -5.09. The van der Waals surface area contributed by atoms with E-state index in [1.54, 1.807) is 6.08 Å². The topological polar surface area (TPSA) is 192 Å². The summed E-state index contributed by atoms with van der Waals surface area (Å²) in [7, 11) is -5.09. The van der Waals surface area contributed by atoms with Gasteiger partial charge < -0.3 is 35.2 Å². The molecule has 0 radical (unpaired) electrons. The van der Waals surface area contributed by atoms with Gasteiger partial charge in [0.2, 0.25) is 5.91 Å². The summed E-state index contributed by atoms with van der Waals surface area (Å²) in [4.78, 5) is 13.1. The average molecular weight is 962 g/mol. The number of hydrogen-bond donors (Lipinski definition) is 6. The summed E-state index contributed by atoms with van der Waals surface area (Å²) < 4.78 is 47.8. The molecule has 13 heteroatoms. The number of rotatable bonds is 48. The molecular weight excluding hydrogens is 859 g/mol. The zero-order chi connectivity index (χ0) is 48.4. The Labute approximate surface area is 404 Å². The van der Waals surface area contributed by atoms with E-state index >= 15 is 0 Å². The number of nitrogens with one attached hydrogen (secondary N) is 1. The van der Waals surface area contributed by atoms with Crippen LogP contribution in [-0.2, 0) is 28.9 Å². The van der Waals surface area contributed by atoms with E-state index in [4.69, 9.17) is 9.47 Å². The standard InChI is InChI=1S/C53H103NO11S/c1-3-5-7-9-11-13-15-17-19-21-23-24-25-27-29-31-33-35-37-39-41-43-49(57)54-46(45-63-53-51(59)52(65-66(60,61)62)50(58)48(44-55)64-53)47(56)42-40-38-36-34-32-30-28-26-22-20-18-16-14-12-10-8-6-4-2/h40,42,46-48,50-53,55-56,58-59H,3-39,41,43-45H2,1-2H3,(H,54,57)(H,60,61,62)/b42-40+. The number of aliphatic hydroxyl groups is 4. The molecule has 392 valence electrons. The lowest BCUT2D eigenvalue weighted by atomic mass is 9.99. The summed E-state index contributed by atoms with van der Waals surface area (Å²) in [5, 5.41) is 44.9. The molecule has 0 aromatic heterocycles. The van der Waals surface area contributed by atoms with Crippen molar-refractivity contribution in [2.45, 2.75) is 307 Å². The van der Waals surface area contributed by atoms with Crippen molar-refractivity contribution in [2.75, 3.05) is 13.2 Å². The lowest BCUT2D eigenvalue weighted by molar-refractivity contribution is -0.298. The maximum Gasteiger partial charge on any atom is 0.397 e. The first-order valence-corrected chi connectivity index (χ1v) is 28.9. The summed E-state index contributed by atoms with van der Waals surface area (Å²) in [6.07, 6.45) is 42.5. The second-order valence-electron chi connectivity index (χ2n) is 19.5. The minimum Gasteiger partial charge on any atom is -0.394 e. The molecule has 1 aliphatic rings. The molecule has 0 bridgehead atoms. The molecule has 1 fully saturated rings. The first kappa shape index (κ1) is 62.9. The average Bonchev–Trinajstić information content (AvgIpc) is 3.29. The van der Waals surface area contributed by atoms with Crippen LogP contribution in [0.2, 0.25) is 0 Å². The molecule has 0 spiro atoms. The number of carbonyl (C=O) groups excluding carboxylic acids is 1. The van der Waals surface area contributed by atoms with Gasteiger partial charge in [0.15, 0.2) is 6.29 Å². The quantitative estimate of drug-likeness (QED) is 0.0193. The Morgan fingerprint density at radius 2 is 0.955 bits per heavy atom. The first-order valence-electron chi connectivity index (χ1n) is 27.6. The van der Waals surface area contributed by atoms with Gasteiger partial charge >= 0.3 is 10.4 Å². The molecule has 0 saturated carbocycles. The molecule has 1 saturated heterocycles. The van der Waals surface area contributed by atoms with Gasteiger partial charge in [0.1, 0.15) is 24.4 Å². The highest BCUT2D eigenvalue weighted by atomic mass is 32.3. The van der Waals surface area contributed by atoms with E-state index in [0.29, 0.717) is 6.42 Å². The third-order valence-corrected chi connectivity index (χ3v) is 13.8. The van der Waals surface area contributed by atoms with Gasteiger partial charge in [-0.1, -0.05) is 251 Å². The minimum absolute atomic E-state index is 0.256. The van der Waals surface area contributed by atoms with Crippen LogP contribution in [0.15, 0.2) is 12.2 Å². The number of unbranched alkanes of at least 4 members (excludes halogenated alkanes) is 36. The van der Waals surface area contributed by atoms with E-state index in [2.05, 4.69) is 23.3 Å². The van der Waals surface area contributed by atoms with Crippen LogP contribution in [0, 0.1) is 0 Å². The van der Waals surface area contributed by atoms with E-state index < -0.39 is 59.9 Å². The second-order valence-corrected chi connectivity index (χ2v) is 20.6. The molecule has 0 aromatic carbocycles. The lowest BCUT2D eigenvalue weighted by Gasteiger charge is -2.41. The van der Waals surface area contributed by atoms with E-state index in [-0.39, 0.29) is 18.9 Å². The molecular formula is C53H103NO11S. The van der Waals surface area contributed by atoms with Crippen LogP contribution in [0.5, 0.6) is 0 Å². The van der Waals surface area contributed by atoms with E-state index in [1.165, 1.54) is 199 Å². The molecule has 1 amide bonds. The Bertz CT molecular complexity index is 1220. The molecule has 1 heterocycles. The summed E-state index contributed by atoms with van der Waals surface area (Å²) in [5.41, 5.74) is 0. The van der Waals surface area contributed by atoms with Gasteiger partial charge in [0.05, 0.1) is 25.4 Å². The fraction of sp³-hybridized carbons (Fsp3) is 0.943. The molecule has 7 unspecified atom stereocenters. The Hall–Kier alpha value is -1.16. The Morgan fingerprint density at radius 1 is 0.591 bits per heavy atom. The monoisotopic (exact) mass is 962 g/mol. The van der Waals surface area contributed by atoms with Crippen LogP contribution < -0.4 is 5.32 Å². The van der Waals surface area contributed by atoms with Crippen LogP contribution >= 0.6 is 0 Å². The van der Waals surface area contributed by atoms with Gasteiger partial charge in [0, 0.05) is 6.42 Å². The van der Waals surface area contributed by atoms with E-state index in [0.717, 1.165) is 38.5 Å². The highest BCUT2D eigenvalue weighted by Gasteiger charge is 2.48. The lowest BCUT2D eigenvalue weighted by Crippen LogP contribution is -2.61. The van der Waals surface area contributed by atoms with Crippen molar-refractivity contribution in [1.82, 2.24) is 5.32 Å². The summed E-state index contributed by atoms with van der Waals surface area (Å²) >= 11 is 0. The number of hydrogen-bond acceptors (Lipinski definition) is 10. The second kappa shape index (κ2) is 43.8. The van der Waals surface area contributed by atoms with Gasteiger partial charge in [-0.05, 0) is 19.3 Å². The Morgan fingerprint density at radius 3 is 1.32 bits per heavy atom. The number of amides is 1. The van der Waals surface area contributed by atoms with Gasteiger partial charge in [-0.25, -0.2) is 4.18 Å². The predicted molar refractivity (Wildman–Crippen MR) is 269 cm³/mol. The largest absolute Gasteiger partial charge is 0.397 e. The maximum atomic E-state index is 13.1. The summed E-state index contributed by atoms with van der Waals surface area (Å²) in [6, 6.07) is -0.939. The fourth-order valence-electron chi connectivity index (χ4n) is 9.05. The number of allylic oxidation sites excluding steroid dienone is 1. The van der Waals surface area contributed by atoms with E-state index in [9.17, 15) is 38.2 Å². The number of ether oxygens (including phenoxy) is 2. The third kappa shape index (κ3) is 35.9. The van der Waals surface area contributed by atoms with Crippen molar-refractivity contribution >= 4 is 16.3 Å².